The van der Waals surface area contributed by atoms with Gasteiger partial charge in [0.1, 0.15) is 5.82 Å². The van der Waals surface area contributed by atoms with E-state index < -0.39 is 5.97 Å². The normalized spacial score (nSPS) is 10.9. The van der Waals surface area contributed by atoms with Crippen LogP contribution in [0.15, 0.2) is 42.6 Å². The Balaban J connectivity index is 2.29. The molecule has 3 rings (SSSR count). The predicted octanol–water partition coefficient (Wildman–Crippen LogP) is 3.32. The third-order valence-electron chi connectivity index (χ3n) is 3.46. The van der Waals surface area contributed by atoms with Crippen molar-refractivity contribution in [3.05, 3.63) is 59.5 Å². The Hall–Kier alpha value is -2.62. The lowest BCUT2D eigenvalue weighted by Gasteiger charge is -2.03. The van der Waals surface area contributed by atoms with Crippen LogP contribution in [0.25, 0.3) is 16.8 Å². The molecule has 1 N–H and O–H groups in total. The van der Waals surface area contributed by atoms with Gasteiger partial charge in [0.15, 0.2) is 0 Å². The number of rotatable bonds is 2. The first-order chi connectivity index (χ1) is 9.58. The van der Waals surface area contributed by atoms with Crippen LogP contribution in [-0.4, -0.2) is 20.5 Å². The summed E-state index contributed by atoms with van der Waals surface area (Å²) in [5, 5.41) is 9.07. The molecule has 0 radical (unpaired) electrons. The number of aryl methyl sites for hydroxylation is 2. The number of carboxylic acid groups (broad SMARTS) is 1. The minimum Gasteiger partial charge on any atom is -0.478 e. The average Bonchev–Trinajstić information content (AvgIpc) is 2.76. The van der Waals surface area contributed by atoms with Gasteiger partial charge in [-0.05, 0) is 31.5 Å². The summed E-state index contributed by atoms with van der Waals surface area (Å²) in [5.74, 6) is -0.154. The quantitative estimate of drug-likeness (QED) is 0.774. The number of imidazole rings is 1. The van der Waals surface area contributed by atoms with Crippen LogP contribution in [0.2, 0.25) is 0 Å². The molecule has 0 atom stereocenters. The number of carbonyl (C=O) groups is 1. The molecule has 0 aliphatic heterocycles. The summed E-state index contributed by atoms with van der Waals surface area (Å²) in [4.78, 5) is 15.6. The predicted molar refractivity (Wildman–Crippen MR) is 77.1 cm³/mol. The van der Waals surface area contributed by atoms with Gasteiger partial charge in [0.25, 0.3) is 0 Å². The van der Waals surface area contributed by atoms with E-state index in [2.05, 4.69) is 4.98 Å². The molecule has 3 aromatic rings. The summed E-state index contributed by atoms with van der Waals surface area (Å²) in [5.41, 5.74) is 4.28. The van der Waals surface area contributed by atoms with Gasteiger partial charge in [-0.2, -0.15) is 0 Å². The van der Waals surface area contributed by atoms with Crippen molar-refractivity contribution >= 4 is 11.5 Å². The van der Waals surface area contributed by atoms with Crippen molar-refractivity contribution < 1.29 is 9.90 Å². The molecule has 0 amide bonds. The van der Waals surface area contributed by atoms with Gasteiger partial charge in [0.2, 0.25) is 0 Å². The lowest BCUT2D eigenvalue weighted by atomic mass is 10.1. The zero-order valence-corrected chi connectivity index (χ0v) is 11.3. The van der Waals surface area contributed by atoms with E-state index in [0.717, 1.165) is 28.2 Å². The summed E-state index contributed by atoms with van der Waals surface area (Å²) in [6.45, 7) is 3.92. The summed E-state index contributed by atoms with van der Waals surface area (Å²) < 4.78 is 1.82. The second kappa shape index (κ2) is 4.49. The summed E-state index contributed by atoms with van der Waals surface area (Å²) >= 11 is 0. The number of hydrogen-bond donors (Lipinski definition) is 1. The Morgan fingerprint density at radius 2 is 1.90 bits per heavy atom. The largest absolute Gasteiger partial charge is 0.478 e. The fourth-order valence-corrected chi connectivity index (χ4v) is 2.40. The van der Waals surface area contributed by atoms with Crippen LogP contribution < -0.4 is 0 Å². The Labute approximate surface area is 116 Å². The lowest BCUT2D eigenvalue weighted by Crippen LogP contribution is -1.99. The topological polar surface area (TPSA) is 54.6 Å². The number of nitrogens with zero attached hydrogens (tertiary/aromatic N) is 2. The summed E-state index contributed by atoms with van der Waals surface area (Å²) in [6, 6.07) is 11.5. The van der Waals surface area contributed by atoms with E-state index in [1.165, 1.54) is 0 Å². The van der Waals surface area contributed by atoms with Crippen molar-refractivity contribution in [1.29, 1.82) is 0 Å². The van der Waals surface area contributed by atoms with E-state index in [1.807, 2.05) is 48.6 Å². The molecule has 2 heterocycles. The molecule has 1 aromatic carbocycles. The summed E-state index contributed by atoms with van der Waals surface area (Å²) in [7, 11) is 0. The molecule has 0 fully saturated rings. The van der Waals surface area contributed by atoms with E-state index >= 15 is 0 Å². The molecule has 0 aliphatic rings. The number of fused-ring (bicyclic) bond motifs is 1. The van der Waals surface area contributed by atoms with Crippen LogP contribution in [0.4, 0.5) is 0 Å². The van der Waals surface area contributed by atoms with Crippen molar-refractivity contribution in [3.63, 3.8) is 0 Å². The van der Waals surface area contributed by atoms with Crippen LogP contribution in [0.5, 0.6) is 0 Å². The zero-order valence-electron chi connectivity index (χ0n) is 11.3. The second-order valence-corrected chi connectivity index (χ2v) is 4.80. The van der Waals surface area contributed by atoms with E-state index in [4.69, 9.17) is 5.11 Å². The standard InChI is InChI=1S/C16H14N2O2/c1-10-5-3-4-6-13(10)15-14-8-7-12(16(19)20)9-18(14)11(2)17-15/h3-9H,1-2H3,(H,19,20). The highest BCUT2D eigenvalue weighted by Crippen LogP contribution is 2.27. The van der Waals surface area contributed by atoms with Crippen LogP contribution >= 0.6 is 0 Å². The van der Waals surface area contributed by atoms with Crippen LogP contribution in [0.3, 0.4) is 0 Å². The number of hydrogen-bond acceptors (Lipinski definition) is 2. The molecule has 0 aliphatic carbocycles. The molecule has 100 valence electrons. The first kappa shape index (κ1) is 12.4. The van der Waals surface area contributed by atoms with Crippen molar-refractivity contribution in [2.75, 3.05) is 0 Å². The van der Waals surface area contributed by atoms with Gasteiger partial charge in [-0.3, -0.25) is 0 Å². The number of pyridine rings is 1. The van der Waals surface area contributed by atoms with Gasteiger partial charge in [-0.15, -0.1) is 0 Å². The second-order valence-electron chi connectivity index (χ2n) is 4.80. The van der Waals surface area contributed by atoms with Crippen LogP contribution in [0, 0.1) is 13.8 Å². The maximum absolute atomic E-state index is 11.1. The van der Waals surface area contributed by atoms with Gasteiger partial charge in [-0.1, -0.05) is 24.3 Å². The van der Waals surface area contributed by atoms with Crippen molar-refractivity contribution in [3.8, 4) is 11.3 Å². The Morgan fingerprint density at radius 3 is 2.60 bits per heavy atom. The highest BCUT2D eigenvalue weighted by molar-refractivity contribution is 5.89. The van der Waals surface area contributed by atoms with E-state index in [-0.39, 0.29) is 5.56 Å². The van der Waals surface area contributed by atoms with E-state index in [9.17, 15) is 4.79 Å². The van der Waals surface area contributed by atoms with Crippen molar-refractivity contribution in [1.82, 2.24) is 9.38 Å². The first-order valence-corrected chi connectivity index (χ1v) is 6.36. The molecule has 4 heteroatoms. The molecule has 0 bridgehead atoms. The highest BCUT2D eigenvalue weighted by atomic mass is 16.4. The number of carboxylic acids is 1. The Kier molecular flexibility index (Phi) is 2.79. The number of aromatic nitrogens is 2. The maximum Gasteiger partial charge on any atom is 0.337 e. The first-order valence-electron chi connectivity index (χ1n) is 6.36. The van der Waals surface area contributed by atoms with Gasteiger partial charge in [0.05, 0.1) is 16.8 Å². The molecule has 0 saturated heterocycles. The molecular formula is C16H14N2O2. The average molecular weight is 266 g/mol. The molecule has 4 nitrogen and oxygen atoms in total. The van der Waals surface area contributed by atoms with E-state index in [0.29, 0.717) is 0 Å². The molecule has 0 unspecified atom stereocenters. The van der Waals surface area contributed by atoms with Gasteiger partial charge in [-0.25, -0.2) is 9.78 Å². The zero-order chi connectivity index (χ0) is 14.3. The van der Waals surface area contributed by atoms with Crippen molar-refractivity contribution in [2.24, 2.45) is 0 Å². The summed E-state index contributed by atoms with van der Waals surface area (Å²) in [6.07, 6.45) is 1.61. The highest BCUT2D eigenvalue weighted by Gasteiger charge is 2.13. The monoisotopic (exact) mass is 266 g/mol. The molecular weight excluding hydrogens is 252 g/mol. The van der Waals surface area contributed by atoms with Crippen molar-refractivity contribution in [2.45, 2.75) is 13.8 Å². The third-order valence-corrected chi connectivity index (χ3v) is 3.46. The molecule has 20 heavy (non-hydrogen) atoms. The smallest absolute Gasteiger partial charge is 0.337 e. The third kappa shape index (κ3) is 1.86. The fraction of sp³-hybridized carbons (Fsp3) is 0.125. The number of benzene rings is 1. The van der Waals surface area contributed by atoms with Gasteiger partial charge in [0, 0.05) is 11.8 Å². The van der Waals surface area contributed by atoms with E-state index in [1.54, 1.807) is 12.3 Å². The lowest BCUT2D eigenvalue weighted by molar-refractivity contribution is 0.0696. The number of aromatic carboxylic acids is 1. The Bertz CT molecular complexity index is 818. The van der Waals surface area contributed by atoms with Gasteiger partial charge < -0.3 is 9.51 Å². The minimum absolute atomic E-state index is 0.259. The SMILES string of the molecule is Cc1ccccc1-c1nc(C)n2cc(C(=O)O)ccc12. The van der Waals surface area contributed by atoms with Crippen LogP contribution in [0.1, 0.15) is 21.7 Å². The maximum atomic E-state index is 11.1. The molecule has 0 spiro atoms. The van der Waals surface area contributed by atoms with Gasteiger partial charge >= 0.3 is 5.97 Å². The fourth-order valence-electron chi connectivity index (χ4n) is 2.40. The molecule has 2 aromatic heterocycles. The molecule has 0 saturated carbocycles. The Morgan fingerprint density at radius 1 is 1.15 bits per heavy atom. The van der Waals surface area contributed by atoms with Crippen LogP contribution in [-0.2, 0) is 0 Å². The minimum atomic E-state index is -0.933.